The second kappa shape index (κ2) is 9.44. The van der Waals surface area contributed by atoms with Crippen molar-refractivity contribution < 1.29 is 4.74 Å². The SMILES string of the molecule is BrCCCn1c(COc2ccc(C3CCCCC3)cc2)nc2cc3ccccc3cc21. The largest absolute Gasteiger partial charge is 0.486 e. The van der Waals surface area contributed by atoms with Crippen LogP contribution in [-0.2, 0) is 13.2 Å². The third-order valence-corrected chi connectivity index (χ3v) is 7.10. The standard InChI is InChI=1S/C27H29BrN2O/c28-15-6-16-30-26-18-23-10-5-4-9-22(23)17-25(26)29-27(30)19-31-24-13-11-21(12-14-24)20-7-2-1-3-8-20/h4-5,9-14,17-18,20H,1-3,6-8,15-16,19H2. The molecule has 1 aliphatic rings. The van der Waals surface area contributed by atoms with Crippen LogP contribution >= 0.6 is 15.9 Å². The summed E-state index contributed by atoms with van der Waals surface area (Å²) in [5.74, 6) is 2.64. The lowest BCUT2D eigenvalue weighted by Crippen LogP contribution is -2.08. The van der Waals surface area contributed by atoms with Crippen LogP contribution < -0.4 is 4.74 Å². The van der Waals surface area contributed by atoms with Crippen LogP contribution in [0.25, 0.3) is 21.8 Å². The predicted octanol–water partition coefficient (Wildman–Crippen LogP) is 7.60. The maximum atomic E-state index is 6.19. The molecule has 0 amide bonds. The van der Waals surface area contributed by atoms with Crippen molar-refractivity contribution in [2.24, 2.45) is 0 Å². The monoisotopic (exact) mass is 476 g/mol. The predicted molar refractivity (Wildman–Crippen MR) is 132 cm³/mol. The second-order valence-electron chi connectivity index (χ2n) is 8.60. The summed E-state index contributed by atoms with van der Waals surface area (Å²) in [5.41, 5.74) is 3.69. The van der Waals surface area contributed by atoms with Crippen LogP contribution in [0.5, 0.6) is 5.75 Å². The molecule has 0 aliphatic heterocycles. The number of fused-ring (bicyclic) bond motifs is 2. The Balaban J connectivity index is 1.38. The Morgan fingerprint density at radius 2 is 1.68 bits per heavy atom. The zero-order chi connectivity index (χ0) is 21.0. The fraction of sp³-hybridized carbons (Fsp3) is 0.370. The smallest absolute Gasteiger partial charge is 0.147 e. The maximum Gasteiger partial charge on any atom is 0.147 e. The van der Waals surface area contributed by atoms with E-state index in [0.717, 1.165) is 41.3 Å². The second-order valence-corrected chi connectivity index (χ2v) is 9.40. The molecule has 1 saturated carbocycles. The molecule has 0 saturated heterocycles. The molecule has 1 aromatic heterocycles. The highest BCUT2D eigenvalue weighted by Gasteiger charge is 2.16. The minimum Gasteiger partial charge on any atom is -0.486 e. The van der Waals surface area contributed by atoms with E-state index in [1.165, 1.54) is 54.0 Å². The summed E-state index contributed by atoms with van der Waals surface area (Å²) >= 11 is 3.57. The molecule has 0 N–H and O–H groups in total. The first kappa shape index (κ1) is 20.6. The van der Waals surface area contributed by atoms with Gasteiger partial charge in [0, 0.05) is 11.9 Å². The molecule has 4 aromatic rings. The molecule has 1 fully saturated rings. The van der Waals surface area contributed by atoms with Crippen molar-refractivity contribution >= 4 is 37.7 Å². The van der Waals surface area contributed by atoms with Gasteiger partial charge in [-0.15, -0.1) is 0 Å². The minimum absolute atomic E-state index is 0.482. The molecule has 3 nitrogen and oxygen atoms in total. The first-order valence-electron chi connectivity index (χ1n) is 11.5. The van der Waals surface area contributed by atoms with E-state index in [1.54, 1.807) is 0 Å². The van der Waals surface area contributed by atoms with Gasteiger partial charge in [0.1, 0.15) is 18.2 Å². The van der Waals surface area contributed by atoms with E-state index in [9.17, 15) is 0 Å². The zero-order valence-corrected chi connectivity index (χ0v) is 19.5. The molecule has 0 unspecified atom stereocenters. The fourth-order valence-corrected chi connectivity index (χ4v) is 5.11. The van der Waals surface area contributed by atoms with E-state index in [4.69, 9.17) is 9.72 Å². The summed E-state index contributed by atoms with van der Waals surface area (Å²) in [6.45, 7) is 1.41. The van der Waals surface area contributed by atoms with Crippen molar-refractivity contribution in [1.82, 2.24) is 9.55 Å². The topological polar surface area (TPSA) is 27.1 Å². The van der Waals surface area contributed by atoms with Crippen molar-refractivity contribution in [1.29, 1.82) is 0 Å². The molecule has 0 bridgehead atoms. The number of hydrogen-bond acceptors (Lipinski definition) is 2. The average molecular weight is 477 g/mol. The Hall–Kier alpha value is -2.33. The van der Waals surface area contributed by atoms with E-state index in [-0.39, 0.29) is 0 Å². The quantitative estimate of drug-likeness (QED) is 0.256. The normalized spacial score (nSPS) is 15.0. The Labute approximate surface area is 192 Å². The van der Waals surface area contributed by atoms with Crippen LogP contribution in [0, 0.1) is 0 Å². The van der Waals surface area contributed by atoms with Gasteiger partial charge in [-0.2, -0.15) is 0 Å². The van der Waals surface area contributed by atoms with Crippen LogP contribution in [0.15, 0.2) is 60.7 Å². The Morgan fingerprint density at radius 3 is 2.42 bits per heavy atom. The zero-order valence-electron chi connectivity index (χ0n) is 17.9. The van der Waals surface area contributed by atoms with Gasteiger partial charge >= 0.3 is 0 Å². The van der Waals surface area contributed by atoms with Gasteiger partial charge in [-0.3, -0.25) is 0 Å². The molecular weight excluding hydrogens is 448 g/mol. The lowest BCUT2D eigenvalue weighted by atomic mass is 9.84. The number of rotatable bonds is 7. The first-order chi connectivity index (χ1) is 15.3. The first-order valence-corrected chi connectivity index (χ1v) is 12.6. The lowest BCUT2D eigenvalue weighted by Gasteiger charge is -2.22. The van der Waals surface area contributed by atoms with E-state index in [1.807, 2.05) is 0 Å². The van der Waals surface area contributed by atoms with Gasteiger partial charge in [0.25, 0.3) is 0 Å². The van der Waals surface area contributed by atoms with Gasteiger partial charge in [-0.1, -0.05) is 71.6 Å². The number of aromatic nitrogens is 2. The number of aryl methyl sites for hydroxylation is 1. The number of hydrogen-bond donors (Lipinski definition) is 0. The van der Waals surface area contributed by atoms with Crippen molar-refractivity contribution in [2.45, 2.75) is 57.6 Å². The molecule has 31 heavy (non-hydrogen) atoms. The number of nitrogens with zero attached hydrogens (tertiary/aromatic N) is 2. The summed E-state index contributed by atoms with van der Waals surface area (Å²) in [4.78, 5) is 4.94. The molecular formula is C27H29BrN2O. The highest BCUT2D eigenvalue weighted by molar-refractivity contribution is 9.09. The van der Waals surface area contributed by atoms with Crippen molar-refractivity contribution in [3.8, 4) is 5.75 Å². The van der Waals surface area contributed by atoms with Crippen LogP contribution in [0.2, 0.25) is 0 Å². The van der Waals surface area contributed by atoms with Crippen molar-refractivity contribution in [3.63, 3.8) is 0 Å². The van der Waals surface area contributed by atoms with Gasteiger partial charge in [-0.05, 0) is 65.8 Å². The van der Waals surface area contributed by atoms with Gasteiger partial charge in [-0.25, -0.2) is 4.98 Å². The van der Waals surface area contributed by atoms with Gasteiger partial charge < -0.3 is 9.30 Å². The summed E-state index contributed by atoms with van der Waals surface area (Å²) in [6, 6.07) is 21.7. The molecule has 1 heterocycles. The van der Waals surface area contributed by atoms with E-state index < -0.39 is 0 Å². The third kappa shape index (κ3) is 4.50. The number of alkyl halides is 1. The van der Waals surface area contributed by atoms with E-state index in [0.29, 0.717) is 6.61 Å². The minimum atomic E-state index is 0.482. The molecule has 0 spiro atoms. The maximum absolute atomic E-state index is 6.19. The van der Waals surface area contributed by atoms with Gasteiger partial charge in [0.15, 0.2) is 0 Å². The van der Waals surface area contributed by atoms with E-state index in [2.05, 4.69) is 81.2 Å². The van der Waals surface area contributed by atoms with Crippen molar-refractivity contribution in [2.75, 3.05) is 5.33 Å². The van der Waals surface area contributed by atoms with Crippen LogP contribution in [0.3, 0.4) is 0 Å². The van der Waals surface area contributed by atoms with Crippen LogP contribution in [0.1, 0.15) is 55.8 Å². The van der Waals surface area contributed by atoms with Crippen LogP contribution in [-0.4, -0.2) is 14.9 Å². The summed E-state index contributed by atoms with van der Waals surface area (Å²) in [6.07, 6.45) is 7.83. The van der Waals surface area contributed by atoms with Crippen LogP contribution in [0.4, 0.5) is 0 Å². The molecule has 160 valence electrons. The highest BCUT2D eigenvalue weighted by Crippen LogP contribution is 2.33. The Kier molecular flexibility index (Phi) is 6.26. The van der Waals surface area contributed by atoms with Gasteiger partial charge in [0.05, 0.1) is 11.0 Å². The molecule has 4 heteroatoms. The Morgan fingerprint density at radius 1 is 0.935 bits per heavy atom. The molecule has 0 radical (unpaired) electrons. The lowest BCUT2D eigenvalue weighted by molar-refractivity contribution is 0.290. The summed E-state index contributed by atoms with van der Waals surface area (Å²) in [7, 11) is 0. The number of ether oxygens (including phenoxy) is 1. The molecule has 0 atom stereocenters. The molecule has 1 aliphatic carbocycles. The van der Waals surface area contributed by atoms with Crippen molar-refractivity contribution in [3.05, 3.63) is 72.1 Å². The number of halogens is 1. The third-order valence-electron chi connectivity index (χ3n) is 6.53. The highest BCUT2D eigenvalue weighted by atomic mass is 79.9. The summed E-state index contributed by atoms with van der Waals surface area (Å²) < 4.78 is 8.51. The Bertz CT molecular complexity index is 1160. The summed E-state index contributed by atoms with van der Waals surface area (Å²) in [5, 5.41) is 3.45. The molecule has 3 aromatic carbocycles. The number of imidazole rings is 1. The fourth-order valence-electron chi connectivity index (χ4n) is 4.86. The number of benzene rings is 3. The van der Waals surface area contributed by atoms with E-state index >= 15 is 0 Å². The molecule has 5 rings (SSSR count). The average Bonchev–Trinajstić information content (AvgIpc) is 3.17. The van der Waals surface area contributed by atoms with Gasteiger partial charge in [0.2, 0.25) is 0 Å².